The maximum Gasteiger partial charge on any atom is 0.324 e. The van der Waals surface area contributed by atoms with Crippen molar-refractivity contribution in [2.24, 2.45) is 0 Å². The summed E-state index contributed by atoms with van der Waals surface area (Å²) in [5, 5.41) is 2.59. The highest BCUT2D eigenvalue weighted by atomic mass is 16.2. The van der Waals surface area contributed by atoms with E-state index in [1.807, 2.05) is 6.07 Å². The number of hydrogen-bond donors (Lipinski definition) is 1. The molecular formula is C15H19N3O2. The third-order valence-corrected chi connectivity index (χ3v) is 4.05. The highest BCUT2D eigenvalue weighted by Crippen LogP contribution is 2.20. The first-order chi connectivity index (χ1) is 9.74. The van der Waals surface area contributed by atoms with Crippen molar-refractivity contribution in [3.8, 4) is 0 Å². The molecule has 1 aromatic carbocycles. The van der Waals surface area contributed by atoms with E-state index in [0.29, 0.717) is 0 Å². The predicted octanol–water partition coefficient (Wildman–Crippen LogP) is 1.20. The molecule has 2 saturated heterocycles. The second kappa shape index (κ2) is 5.63. The van der Waals surface area contributed by atoms with Crippen LogP contribution in [0.5, 0.6) is 0 Å². The zero-order valence-electron chi connectivity index (χ0n) is 11.4. The molecule has 3 amide bonds. The maximum atomic E-state index is 11.7. The van der Waals surface area contributed by atoms with Gasteiger partial charge < -0.3 is 5.32 Å². The summed E-state index contributed by atoms with van der Waals surface area (Å²) in [6.07, 6.45) is 1.73. The fraction of sp³-hybridized carbons (Fsp3) is 0.467. The van der Waals surface area contributed by atoms with Gasteiger partial charge in [0.2, 0.25) is 5.91 Å². The Morgan fingerprint density at radius 2 is 1.80 bits per heavy atom. The molecule has 2 fully saturated rings. The van der Waals surface area contributed by atoms with Crippen molar-refractivity contribution >= 4 is 11.9 Å². The van der Waals surface area contributed by atoms with Crippen LogP contribution in [0.2, 0.25) is 0 Å². The molecule has 20 heavy (non-hydrogen) atoms. The third kappa shape index (κ3) is 2.67. The summed E-state index contributed by atoms with van der Waals surface area (Å²) >= 11 is 0. The van der Waals surface area contributed by atoms with Gasteiger partial charge in [0, 0.05) is 25.7 Å². The van der Waals surface area contributed by atoms with Crippen molar-refractivity contribution < 1.29 is 9.59 Å². The van der Waals surface area contributed by atoms with Gasteiger partial charge in [-0.2, -0.15) is 0 Å². The first-order valence-corrected chi connectivity index (χ1v) is 7.10. The second-order valence-corrected chi connectivity index (χ2v) is 5.42. The van der Waals surface area contributed by atoms with Gasteiger partial charge in [-0.3, -0.25) is 14.6 Å². The minimum Gasteiger partial charge on any atom is -0.329 e. The predicted molar refractivity (Wildman–Crippen MR) is 75.0 cm³/mol. The number of rotatable bonds is 3. The molecule has 5 nitrogen and oxygen atoms in total. The van der Waals surface area contributed by atoms with E-state index >= 15 is 0 Å². The van der Waals surface area contributed by atoms with Crippen LogP contribution in [-0.4, -0.2) is 47.4 Å². The molecule has 0 bridgehead atoms. The van der Waals surface area contributed by atoms with E-state index in [4.69, 9.17) is 0 Å². The van der Waals surface area contributed by atoms with Gasteiger partial charge in [-0.25, -0.2) is 4.79 Å². The number of carbonyl (C=O) groups is 2. The van der Waals surface area contributed by atoms with E-state index in [0.717, 1.165) is 32.5 Å². The van der Waals surface area contributed by atoms with E-state index in [1.165, 1.54) is 10.5 Å². The Balaban J connectivity index is 1.55. The van der Waals surface area contributed by atoms with E-state index in [2.05, 4.69) is 34.5 Å². The summed E-state index contributed by atoms with van der Waals surface area (Å²) in [4.78, 5) is 27.1. The van der Waals surface area contributed by atoms with Crippen molar-refractivity contribution in [1.29, 1.82) is 0 Å². The van der Waals surface area contributed by atoms with Gasteiger partial charge in [-0.15, -0.1) is 0 Å². The SMILES string of the molecule is O=C1CNC(=O)N1C1CCN(Cc2ccccc2)CC1. The normalized spacial score (nSPS) is 21.3. The number of hydrogen-bond acceptors (Lipinski definition) is 3. The van der Waals surface area contributed by atoms with Crippen molar-refractivity contribution in [2.75, 3.05) is 19.6 Å². The minimum atomic E-state index is -0.225. The number of urea groups is 1. The molecule has 0 spiro atoms. The fourth-order valence-electron chi connectivity index (χ4n) is 2.98. The van der Waals surface area contributed by atoms with Gasteiger partial charge in [0.05, 0.1) is 6.54 Å². The van der Waals surface area contributed by atoms with Gasteiger partial charge in [-0.1, -0.05) is 30.3 Å². The molecular weight excluding hydrogens is 254 g/mol. The molecule has 106 valence electrons. The molecule has 5 heteroatoms. The Kier molecular flexibility index (Phi) is 3.69. The molecule has 1 N–H and O–H groups in total. The zero-order chi connectivity index (χ0) is 13.9. The number of likely N-dealkylation sites (tertiary alicyclic amines) is 1. The number of benzene rings is 1. The Bertz CT molecular complexity index is 479. The van der Waals surface area contributed by atoms with E-state index in [-0.39, 0.29) is 24.5 Å². The molecule has 0 atom stereocenters. The van der Waals surface area contributed by atoms with Crippen LogP contribution in [0.3, 0.4) is 0 Å². The number of piperidine rings is 1. The van der Waals surface area contributed by atoms with E-state index in [1.54, 1.807) is 0 Å². The van der Waals surface area contributed by atoms with Crippen LogP contribution < -0.4 is 5.32 Å². The van der Waals surface area contributed by atoms with Gasteiger partial charge in [-0.05, 0) is 18.4 Å². The molecule has 0 aliphatic carbocycles. The van der Waals surface area contributed by atoms with Crippen molar-refractivity contribution in [3.05, 3.63) is 35.9 Å². The lowest BCUT2D eigenvalue weighted by atomic mass is 10.0. The molecule has 2 heterocycles. The average molecular weight is 273 g/mol. The second-order valence-electron chi connectivity index (χ2n) is 5.42. The summed E-state index contributed by atoms with van der Waals surface area (Å²) in [5.41, 5.74) is 1.31. The van der Waals surface area contributed by atoms with Gasteiger partial charge >= 0.3 is 6.03 Å². The Morgan fingerprint density at radius 1 is 1.10 bits per heavy atom. The highest BCUT2D eigenvalue weighted by molar-refractivity contribution is 6.02. The first kappa shape index (κ1) is 13.1. The number of imide groups is 1. The lowest BCUT2D eigenvalue weighted by Gasteiger charge is -2.35. The first-order valence-electron chi connectivity index (χ1n) is 7.10. The van der Waals surface area contributed by atoms with E-state index in [9.17, 15) is 9.59 Å². The number of carbonyl (C=O) groups excluding carboxylic acids is 2. The lowest BCUT2D eigenvalue weighted by Crippen LogP contribution is -2.47. The quantitative estimate of drug-likeness (QED) is 0.842. The van der Waals surface area contributed by atoms with Gasteiger partial charge in [0.1, 0.15) is 0 Å². The lowest BCUT2D eigenvalue weighted by molar-refractivity contribution is -0.127. The topological polar surface area (TPSA) is 52.7 Å². The smallest absolute Gasteiger partial charge is 0.324 e. The molecule has 3 rings (SSSR count). The van der Waals surface area contributed by atoms with Crippen molar-refractivity contribution in [2.45, 2.75) is 25.4 Å². The molecule has 0 radical (unpaired) electrons. The monoisotopic (exact) mass is 273 g/mol. The van der Waals surface area contributed by atoms with Gasteiger partial charge in [0.15, 0.2) is 0 Å². The van der Waals surface area contributed by atoms with Crippen LogP contribution in [0.1, 0.15) is 18.4 Å². The molecule has 2 aliphatic heterocycles. The fourth-order valence-corrected chi connectivity index (χ4v) is 2.98. The van der Waals surface area contributed by atoms with Crippen LogP contribution >= 0.6 is 0 Å². The number of nitrogens with one attached hydrogen (secondary N) is 1. The molecule has 0 saturated carbocycles. The van der Waals surface area contributed by atoms with Gasteiger partial charge in [0.25, 0.3) is 0 Å². The summed E-state index contributed by atoms with van der Waals surface area (Å²) in [6.45, 7) is 2.95. The van der Waals surface area contributed by atoms with Crippen LogP contribution in [0.25, 0.3) is 0 Å². The van der Waals surface area contributed by atoms with Crippen LogP contribution in [0, 0.1) is 0 Å². The van der Waals surface area contributed by atoms with E-state index < -0.39 is 0 Å². The molecule has 0 unspecified atom stereocenters. The Labute approximate surface area is 118 Å². The third-order valence-electron chi connectivity index (χ3n) is 4.05. The van der Waals surface area contributed by atoms with Crippen molar-refractivity contribution in [1.82, 2.24) is 15.1 Å². The van der Waals surface area contributed by atoms with Crippen LogP contribution in [-0.2, 0) is 11.3 Å². The highest BCUT2D eigenvalue weighted by Gasteiger charge is 2.36. The largest absolute Gasteiger partial charge is 0.329 e. The molecule has 0 aromatic heterocycles. The molecule has 2 aliphatic rings. The maximum absolute atomic E-state index is 11.7. The average Bonchev–Trinajstić information content (AvgIpc) is 2.81. The number of nitrogens with zero attached hydrogens (tertiary/aromatic N) is 2. The zero-order valence-corrected chi connectivity index (χ0v) is 11.4. The molecule has 1 aromatic rings. The van der Waals surface area contributed by atoms with Crippen LogP contribution in [0.15, 0.2) is 30.3 Å². The standard InChI is InChI=1S/C15H19N3O2/c19-14-10-16-15(20)18(14)13-6-8-17(9-7-13)11-12-4-2-1-3-5-12/h1-5,13H,6-11H2,(H,16,20). The Morgan fingerprint density at radius 3 is 2.40 bits per heavy atom. The van der Waals surface area contributed by atoms with Crippen LogP contribution in [0.4, 0.5) is 4.79 Å². The van der Waals surface area contributed by atoms with Crippen molar-refractivity contribution in [3.63, 3.8) is 0 Å². The summed E-state index contributed by atoms with van der Waals surface area (Å²) in [6, 6.07) is 10.2. The summed E-state index contributed by atoms with van der Waals surface area (Å²) in [5.74, 6) is -0.0866. The number of amides is 3. The summed E-state index contributed by atoms with van der Waals surface area (Å²) in [7, 11) is 0. The minimum absolute atomic E-state index is 0.0667. The Hall–Kier alpha value is -1.88. The summed E-state index contributed by atoms with van der Waals surface area (Å²) < 4.78 is 0.